The fourth-order valence-electron chi connectivity index (χ4n) is 3.26. The number of nitrogens with one attached hydrogen (secondary N) is 3. The van der Waals surface area contributed by atoms with Crippen molar-refractivity contribution in [2.75, 3.05) is 18.5 Å². The zero-order chi connectivity index (χ0) is 24.2. The van der Waals surface area contributed by atoms with Gasteiger partial charge in [-0.25, -0.2) is 0 Å². The second-order valence-electron chi connectivity index (χ2n) is 7.68. The maximum absolute atomic E-state index is 12.8. The van der Waals surface area contributed by atoms with Crippen molar-refractivity contribution in [3.05, 3.63) is 95.6 Å². The minimum Gasteiger partial charge on any atom is -0.492 e. The molecule has 7 heteroatoms. The van der Waals surface area contributed by atoms with Gasteiger partial charge in [0, 0.05) is 24.2 Å². The zero-order valence-electron chi connectivity index (χ0n) is 19.2. The number of anilines is 1. The molecule has 0 saturated carbocycles. The molecule has 3 rings (SSSR count). The Bertz CT molecular complexity index is 1120. The molecule has 2 amide bonds. The third kappa shape index (κ3) is 7.71. The van der Waals surface area contributed by atoms with E-state index in [-0.39, 0.29) is 16.9 Å². The molecule has 3 aromatic rings. The summed E-state index contributed by atoms with van der Waals surface area (Å²) in [6, 6.07) is 24.0. The molecular formula is C27H29N3O3S. The summed E-state index contributed by atoms with van der Waals surface area (Å²) >= 11 is 5.32. The predicted octanol–water partition coefficient (Wildman–Crippen LogP) is 4.96. The quantitative estimate of drug-likeness (QED) is 0.285. The number of hydrogen-bond acceptors (Lipinski definition) is 4. The number of para-hydroxylation sites is 1. The molecule has 0 fully saturated rings. The number of hydrogen-bond donors (Lipinski definition) is 3. The molecule has 3 aromatic carbocycles. The van der Waals surface area contributed by atoms with Crippen molar-refractivity contribution in [1.29, 1.82) is 0 Å². The summed E-state index contributed by atoms with van der Waals surface area (Å²) in [5.74, 6) is -0.0283. The molecule has 0 atom stereocenters. The lowest BCUT2D eigenvalue weighted by atomic mass is 10.1. The maximum atomic E-state index is 12.8. The van der Waals surface area contributed by atoms with E-state index in [0.717, 1.165) is 24.8 Å². The molecular weight excluding hydrogens is 446 g/mol. The van der Waals surface area contributed by atoms with Gasteiger partial charge >= 0.3 is 0 Å². The van der Waals surface area contributed by atoms with Gasteiger partial charge in [-0.15, -0.1) is 0 Å². The van der Waals surface area contributed by atoms with Crippen molar-refractivity contribution < 1.29 is 14.3 Å². The number of amides is 2. The number of ether oxygens (including phenoxy) is 1. The number of carbonyl (C=O) groups is 2. The van der Waals surface area contributed by atoms with E-state index in [4.69, 9.17) is 17.0 Å². The van der Waals surface area contributed by atoms with Crippen LogP contribution in [0.1, 0.15) is 46.0 Å². The van der Waals surface area contributed by atoms with Crippen molar-refractivity contribution in [1.82, 2.24) is 10.6 Å². The Kier molecular flexibility index (Phi) is 9.61. The standard InChI is InChI=1S/C27H29N3O3S/c1-2-3-17-28-25(31)21-12-9-13-22(19-21)29-27(34)30-26(32)23-14-7-8-15-24(23)33-18-16-20-10-5-4-6-11-20/h4-15,19H,2-3,16-18H2,1H3,(H,28,31)(H2,29,30,32,34). The average molecular weight is 476 g/mol. The van der Waals surface area contributed by atoms with Gasteiger partial charge in [0.25, 0.3) is 11.8 Å². The van der Waals surface area contributed by atoms with Gasteiger partial charge in [0.05, 0.1) is 12.2 Å². The third-order valence-corrected chi connectivity index (χ3v) is 5.25. The Balaban J connectivity index is 1.56. The summed E-state index contributed by atoms with van der Waals surface area (Å²) in [6.07, 6.45) is 2.67. The van der Waals surface area contributed by atoms with Crippen LogP contribution in [0.4, 0.5) is 5.69 Å². The molecule has 0 spiro atoms. The Labute approximate surface area is 205 Å². The van der Waals surface area contributed by atoms with Crippen molar-refractivity contribution >= 4 is 34.8 Å². The van der Waals surface area contributed by atoms with Gasteiger partial charge in [-0.3, -0.25) is 14.9 Å². The van der Waals surface area contributed by atoms with Crippen LogP contribution < -0.4 is 20.7 Å². The van der Waals surface area contributed by atoms with E-state index in [1.54, 1.807) is 42.5 Å². The maximum Gasteiger partial charge on any atom is 0.261 e. The zero-order valence-corrected chi connectivity index (χ0v) is 20.0. The Morgan fingerprint density at radius 1 is 0.912 bits per heavy atom. The topological polar surface area (TPSA) is 79.5 Å². The lowest BCUT2D eigenvalue weighted by Gasteiger charge is -2.13. The van der Waals surface area contributed by atoms with Gasteiger partial charge in [-0.2, -0.15) is 0 Å². The van der Waals surface area contributed by atoms with Crippen LogP contribution in [0.25, 0.3) is 0 Å². The summed E-state index contributed by atoms with van der Waals surface area (Å²) in [7, 11) is 0. The molecule has 0 saturated heterocycles. The van der Waals surface area contributed by atoms with Crippen LogP contribution in [0.5, 0.6) is 5.75 Å². The number of carbonyl (C=O) groups excluding carboxylic acids is 2. The van der Waals surface area contributed by atoms with Crippen molar-refractivity contribution in [2.24, 2.45) is 0 Å². The second kappa shape index (κ2) is 13.1. The molecule has 176 valence electrons. The highest BCUT2D eigenvalue weighted by Gasteiger charge is 2.14. The fraction of sp³-hybridized carbons (Fsp3) is 0.222. The molecule has 0 unspecified atom stereocenters. The number of thiocarbonyl (C=S) groups is 1. The summed E-state index contributed by atoms with van der Waals surface area (Å²) in [5, 5.41) is 8.67. The summed E-state index contributed by atoms with van der Waals surface area (Å²) in [4.78, 5) is 25.1. The number of unbranched alkanes of at least 4 members (excludes halogenated alkanes) is 1. The smallest absolute Gasteiger partial charge is 0.261 e. The van der Waals surface area contributed by atoms with Crippen molar-refractivity contribution in [2.45, 2.75) is 26.2 Å². The molecule has 0 radical (unpaired) electrons. The van der Waals surface area contributed by atoms with E-state index >= 15 is 0 Å². The second-order valence-corrected chi connectivity index (χ2v) is 8.09. The highest BCUT2D eigenvalue weighted by Crippen LogP contribution is 2.18. The molecule has 0 heterocycles. The fourth-order valence-corrected chi connectivity index (χ4v) is 3.47. The van der Waals surface area contributed by atoms with Crippen molar-refractivity contribution in [3.8, 4) is 5.75 Å². The number of rotatable bonds is 10. The lowest BCUT2D eigenvalue weighted by molar-refractivity contribution is 0.0950. The van der Waals surface area contributed by atoms with Gasteiger partial charge in [-0.05, 0) is 54.5 Å². The lowest BCUT2D eigenvalue weighted by Crippen LogP contribution is -2.34. The van der Waals surface area contributed by atoms with Gasteiger partial charge < -0.3 is 15.4 Å². The Morgan fingerprint density at radius 2 is 1.68 bits per heavy atom. The normalized spacial score (nSPS) is 10.3. The van der Waals surface area contributed by atoms with E-state index in [2.05, 4.69) is 22.9 Å². The van der Waals surface area contributed by atoms with E-state index in [9.17, 15) is 9.59 Å². The van der Waals surface area contributed by atoms with E-state index in [0.29, 0.717) is 35.7 Å². The minimum absolute atomic E-state index is 0.132. The largest absolute Gasteiger partial charge is 0.492 e. The van der Waals surface area contributed by atoms with Crippen molar-refractivity contribution in [3.63, 3.8) is 0 Å². The van der Waals surface area contributed by atoms with Gasteiger partial charge in [0.15, 0.2) is 5.11 Å². The SMILES string of the molecule is CCCCNC(=O)c1cccc(NC(=S)NC(=O)c2ccccc2OCCc2ccccc2)c1. The van der Waals surface area contributed by atoms with Crippen LogP contribution in [0.2, 0.25) is 0 Å². The predicted molar refractivity (Wildman–Crippen MR) is 139 cm³/mol. The van der Waals surface area contributed by atoms with Gasteiger partial charge in [0.1, 0.15) is 5.75 Å². The highest BCUT2D eigenvalue weighted by atomic mass is 32.1. The molecule has 3 N–H and O–H groups in total. The molecule has 0 aromatic heterocycles. The Hall–Kier alpha value is -3.71. The van der Waals surface area contributed by atoms with Crippen LogP contribution in [-0.2, 0) is 6.42 Å². The van der Waals surface area contributed by atoms with Crippen LogP contribution in [0.3, 0.4) is 0 Å². The molecule has 0 aliphatic rings. The first-order valence-corrected chi connectivity index (χ1v) is 11.7. The average Bonchev–Trinajstić information content (AvgIpc) is 2.85. The van der Waals surface area contributed by atoms with Crippen LogP contribution >= 0.6 is 12.2 Å². The molecule has 0 aliphatic carbocycles. The molecule has 6 nitrogen and oxygen atoms in total. The first-order chi connectivity index (χ1) is 16.6. The van der Waals surface area contributed by atoms with E-state index in [1.165, 1.54) is 0 Å². The van der Waals surface area contributed by atoms with Crippen LogP contribution in [-0.4, -0.2) is 30.1 Å². The van der Waals surface area contributed by atoms with Crippen LogP contribution in [0.15, 0.2) is 78.9 Å². The van der Waals surface area contributed by atoms with Crippen LogP contribution in [0, 0.1) is 0 Å². The summed E-state index contributed by atoms with van der Waals surface area (Å²) in [5.41, 5.74) is 2.69. The first kappa shape index (κ1) is 24.9. The molecule has 0 aliphatic heterocycles. The summed E-state index contributed by atoms with van der Waals surface area (Å²) in [6.45, 7) is 3.15. The minimum atomic E-state index is -0.374. The van der Waals surface area contributed by atoms with Gasteiger partial charge in [-0.1, -0.05) is 61.9 Å². The van der Waals surface area contributed by atoms with Gasteiger partial charge in [0.2, 0.25) is 0 Å². The Morgan fingerprint density at radius 3 is 2.47 bits per heavy atom. The monoisotopic (exact) mass is 475 g/mol. The van der Waals surface area contributed by atoms with E-state index in [1.807, 2.05) is 36.4 Å². The summed E-state index contributed by atoms with van der Waals surface area (Å²) < 4.78 is 5.88. The first-order valence-electron chi connectivity index (χ1n) is 11.3. The highest BCUT2D eigenvalue weighted by molar-refractivity contribution is 7.80. The molecule has 34 heavy (non-hydrogen) atoms. The third-order valence-electron chi connectivity index (χ3n) is 5.05. The van der Waals surface area contributed by atoms with E-state index < -0.39 is 0 Å². The molecule has 0 bridgehead atoms. The number of benzene rings is 3.